The normalized spacial score (nSPS) is 16.3. The second kappa shape index (κ2) is 6.21. The van der Waals surface area contributed by atoms with E-state index in [-0.39, 0.29) is 11.1 Å². The number of anilines is 1. The van der Waals surface area contributed by atoms with Crippen molar-refractivity contribution in [1.82, 2.24) is 9.88 Å². The minimum absolute atomic E-state index is 0.142. The molecule has 6 heteroatoms. The Labute approximate surface area is 117 Å². The number of aromatic nitrogens is 1. The molecule has 1 aliphatic rings. The topological polar surface area (TPSA) is 68.5 Å². The number of carbonyl (C=O) groups is 1. The Hall–Kier alpha value is -1.33. The van der Waals surface area contributed by atoms with Crippen LogP contribution in [0.4, 0.5) is 5.69 Å². The average molecular weight is 284 g/mol. The van der Waals surface area contributed by atoms with Crippen LogP contribution >= 0.6 is 11.6 Å². The van der Waals surface area contributed by atoms with E-state index >= 15 is 0 Å². The monoisotopic (exact) mass is 283 g/mol. The largest absolute Gasteiger partial charge is 0.397 e. The van der Waals surface area contributed by atoms with Gasteiger partial charge in [0.05, 0.1) is 17.4 Å². The number of rotatable bonds is 3. The lowest BCUT2D eigenvalue weighted by Gasteiger charge is -2.27. The summed E-state index contributed by atoms with van der Waals surface area (Å²) in [6.45, 7) is 2.24. The summed E-state index contributed by atoms with van der Waals surface area (Å²) in [6.07, 6.45) is 3.42. The molecule has 0 aliphatic carbocycles. The number of hydrogen-bond acceptors (Lipinski definition) is 4. The van der Waals surface area contributed by atoms with Crippen LogP contribution in [0.1, 0.15) is 23.2 Å². The molecule has 0 unspecified atom stereocenters. The van der Waals surface area contributed by atoms with E-state index in [0.717, 1.165) is 26.1 Å². The summed E-state index contributed by atoms with van der Waals surface area (Å²) in [5, 5.41) is 0.193. The van der Waals surface area contributed by atoms with Crippen LogP contribution in [0.5, 0.6) is 0 Å². The van der Waals surface area contributed by atoms with Gasteiger partial charge in [0.15, 0.2) is 0 Å². The van der Waals surface area contributed by atoms with E-state index in [2.05, 4.69) is 4.98 Å². The molecule has 0 spiro atoms. The predicted molar refractivity (Wildman–Crippen MR) is 74.2 cm³/mol. The lowest BCUT2D eigenvalue weighted by atomic mass is 9.99. The summed E-state index contributed by atoms with van der Waals surface area (Å²) in [5.41, 5.74) is 6.44. The number of amides is 1. The number of hydrogen-bond donors (Lipinski definition) is 1. The fourth-order valence-corrected chi connectivity index (χ4v) is 2.40. The van der Waals surface area contributed by atoms with Gasteiger partial charge in [-0.15, -0.1) is 0 Å². The molecule has 0 radical (unpaired) electrons. The fraction of sp³-hybridized carbons (Fsp3) is 0.538. The second-order valence-electron chi connectivity index (χ2n) is 4.85. The SMILES string of the molecule is CN(CC1CCOCC1)C(=O)c1cc(N)cnc1Cl. The summed E-state index contributed by atoms with van der Waals surface area (Å²) in [7, 11) is 1.78. The van der Waals surface area contributed by atoms with E-state index in [1.54, 1.807) is 18.0 Å². The quantitative estimate of drug-likeness (QED) is 0.859. The lowest BCUT2D eigenvalue weighted by molar-refractivity contribution is 0.0497. The van der Waals surface area contributed by atoms with Crippen molar-refractivity contribution in [2.75, 3.05) is 32.5 Å². The zero-order valence-corrected chi connectivity index (χ0v) is 11.7. The number of halogens is 1. The molecule has 1 aromatic heterocycles. The van der Waals surface area contributed by atoms with Gasteiger partial charge < -0.3 is 15.4 Å². The first-order chi connectivity index (χ1) is 9.08. The number of pyridine rings is 1. The van der Waals surface area contributed by atoms with Crippen LogP contribution in [-0.4, -0.2) is 42.6 Å². The van der Waals surface area contributed by atoms with Crippen LogP contribution in [0.3, 0.4) is 0 Å². The van der Waals surface area contributed by atoms with Gasteiger partial charge in [0, 0.05) is 26.8 Å². The molecule has 19 heavy (non-hydrogen) atoms. The number of nitrogens with two attached hydrogens (primary N) is 1. The van der Waals surface area contributed by atoms with E-state index in [0.29, 0.717) is 23.7 Å². The third kappa shape index (κ3) is 3.58. The van der Waals surface area contributed by atoms with Crippen LogP contribution in [0.2, 0.25) is 5.15 Å². The van der Waals surface area contributed by atoms with Gasteiger partial charge in [0.2, 0.25) is 0 Å². The molecule has 2 rings (SSSR count). The van der Waals surface area contributed by atoms with Crippen molar-refractivity contribution in [3.8, 4) is 0 Å². The van der Waals surface area contributed by atoms with Gasteiger partial charge in [-0.2, -0.15) is 0 Å². The Balaban J connectivity index is 2.03. The first kappa shape index (κ1) is 14.1. The predicted octanol–water partition coefficient (Wildman–Crippen LogP) is 1.82. The molecule has 0 atom stereocenters. The Morgan fingerprint density at radius 2 is 2.26 bits per heavy atom. The summed E-state index contributed by atoms with van der Waals surface area (Å²) >= 11 is 5.94. The minimum atomic E-state index is -0.142. The summed E-state index contributed by atoms with van der Waals surface area (Å²) in [6, 6.07) is 1.57. The molecular weight excluding hydrogens is 266 g/mol. The number of nitrogens with zero attached hydrogens (tertiary/aromatic N) is 2. The van der Waals surface area contributed by atoms with E-state index < -0.39 is 0 Å². The number of carbonyl (C=O) groups excluding carboxylic acids is 1. The average Bonchev–Trinajstić information content (AvgIpc) is 2.42. The summed E-state index contributed by atoms with van der Waals surface area (Å²) in [4.78, 5) is 17.9. The molecule has 1 amide bonds. The highest BCUT2D eigenvalue weighted by atomic mass is 35.5. The van der Waals surface area contributed by atoms with Crippen molar-refractivity contribution in [2.24, 2.45) is 5.92 Å². The van der Waals surface area contributed by atoms with Crippen molar-refractivity contribution in [3.63, 3.8) is 0 Å². The number of ether oxygens (including phenoxy) is 1. The maximum Gasteiger partial charge on any atom is 0.256 e. The van der Waals surface area contributed by atoms with Crippen LogP contribution in [-0.2, 0) is 4.74 Å². The lowest BCUT2D eigenvalue weighted by Crippen LogP contribution is -2.34. The molecule has 1 saturated heterocycles. The highest BCUT2D eigenvalue weighted by Crippen LogP contribution is 2.20. The van der Waals surface area contributed by atoms with Gasteiger partial charge in [-0.3, -0.25) is 4.79 Å². The van der Waals surface area contributed by atoms with Crippen molar-refractivity contribution in [1.29, 1.82) is 0 Å². The van der Waals surface area contributed by atoms with Crippen LogP contribution in [0.25, 0.3) is 0 Å². The highest BCUT2D eigenvalue weighted by molar-refractivity contribution is 6.32. The molecule has 1 aliphatic heterocycles. The van der Waals surface area contributed by atoms with Gasteiger partial charge in [-0.05, 0) is 24.8 Å². The Morgan fingerprint density at radius 3 is 2.95 bits per heavy atom. The molecule has 5 nitrogen and oxygen atoms in total. The maximum atomic E-state index is 12.3. The molecule has 2 N–H and O–H groups in total. The van der Waals surface area contributed by atoms with Crippen LogP contribution < -0.4 is 5.73 Å². The minimum Gasteiger partial charge on any atom is -0.397 e. The third-order valence-electron chi connectivity index (χ3n) is 3.31. The molecule has 104 valence electrons. The van der Waals surface area contributed by atoms with E-state index in [4.69, 9.17) is 22.1 Å². The van der Waals surface area contributed by atoms with Gasteiger partial charge in [0.25, 0.3) is 5.91 Å². The molecule has 0 bridgehead atoms. The van der Waals surface area contributed by atoms with Crippen molar-refractivity contribution >= 4 is 23.2 Å². The van der Waals surface area contributed by atoms with Crippen molar-refractivity contribution in [3.05, 3.63) is 23.0 Å². The van der Waals surface area contributed by atoms with Crippen LogP contribution in [0, 0.1) is 5.92 Å². The zero-order chi connectivity index (χ0) is 13.8. The fourth-order valence-electron chi connectivity index (χ4n) is 2.22. The highest BCUT2D eigenvalue weighted by Gasteiger charge is 2.21. The summed E-state index contributed by atoms with van der Waals surface area (Å²) in [5.74, 6) is 0.340. The molecule has 0 aromatic carbocycles. The van der Waals surface area contributed by atoms with E-state index in [9.17, 15) is 4.79 Å². The maximum absolute atomic E-state index is 12.3. The molecule has 1 aromatic rings. The smallest absolute Gasteiger partial charge is 0.256 e. The third-order valence-corrected chi connectivity index (χ3v) is 3.61. The van der Waals surface area contributed by atoms with Crippen molar-refractivity contribution < 1.29 is 9.53 Å². The van der Waals surface area contributed by atoms with E-state index in [1.807, 2.05) is 0 Å². The van der Waals surface area contributed by atoms with Crippen molar-refractivity contribution in [2.45, 2.75) is 12.8 Å². The zero-order valence-electron chi connectivity index (χ0n) is 10.9. The van der Waals surface area contributed by atoms with E-state index in [1.165, 1.54) is 6.20 Å². The second-order valence-corrected chi connectivity index (χ2v) is 5.21. The Morgan fingerprint density at radius 1 is 1.58 bits per heavy atom. The number of nitrogen functional groups attached to an aromatic ring is 1. The van der Waals surface area contributed by atoms with Gasteiger partial charge in [0.1, 0.15) is 5.15 Å². The van der Waals surface area contributed by atoms with Crippen LogP contribution in [0.15, 0.2) is 12.3 Å². The Kier molecular flexibility index (Phi) is 4.61. The molecule has 1 fully saturated rings. The first-order valence-corrected chi connectivity index (χ1v) is 6.70. The Bertz CT molecular complexity index is 461. The molecular formula is C13H18ClN3O2. The van der Waals surface area contributed by atoms with Gasteiger partial charge in [-0.1, -0.05) is 11.6 Å². The standard InChI is InChI=1S/C13H18ClN3O2/c1-17(8-9-2-4-19-5-3-9)13(18)11-6-10(15)7-16-12(11)14/h6-7,9H,2-5,8,15H2,1H3. The van der Waals surface area contributed by atoms with Gasteiger partial charge in [-0.25, -0.2) is 4.98 Å². The molecule has 0 saturated carbocycles. The molecule has 2 heterocycles. The summed E-state index contributed by atoms with van der Waals surface area (Å²) < 4.78 is 5.31. The first-order valence-electron chi connectivity index (χ1n) is 6.32. The van der Waals surface area contributed by atoms with Gasteiger partial charge >= 0.3 is 0 Å².